The van der Waals surface area contributed by atoms with E-state index in [4.69, 9.17) is 82.7 Å². The number of hydrogen-bond acceptors (Lipinski definition) is 19. The minimum Gasteiger partial charge on any atom is -0.384 e. The van der Waals surface area contributed by atoms with Crippen molar-refractivity contribution in [2.45, 2.75) is 79.2 Å². The van der Waals surface area contributed by atoms with Crippen LogP contribution in [0, 0.1) is 0 Å². The fraction of sp³-hybridized carbons (Fsp3) is 0.202. The van der Waals surface area contributed by atoms with Crippen LogP contribution < -0.4 is 22.9 Å². The number of H-pyrrole nitrogens is 4. The molecular formula is C89H88N28. The van der Waals surface area contributed by atoms with Crippen LogP contribution in [0.4, 0.5) is 23.3 Å². The van der Waals surface area contributed by atoms with Gasteiger partial charge in [0.15, 0.2) is 22.6 Å². The molecule has 117 heavy (non-hydrogen) atoms. The van der Waals surface area contributed by atoms with Crippen LogP contribution >= 0.6 is 0 Å². The molecular weight excluding hydrogens is 1460 g/mol. The third kappa shape index (κ3) is 14.3. The van der Waals surface area contributed by atoms with Crippen LogP contribution in [0.2, 0.25) is 0 Å². The third-order valence-corrected chi connectivity index (χ3v) is 21.4. The van der Waals surface area contributed by atoms with E-state index >= 15 is 0 Å². The van der Waals surface area contributed by atoms with Crippen LogP contribution in [0.1, 0.15) is 46.5 Å². The normalized spacial score (nSPS) is 11.9. The predicted molar refractivity (Wildman–Crippen MR) is 471 cm³/mol. The second-order valence-corrected chi connectivity index (χ2v) is 29.3. The van der Waals surface area contributed by atoms with E-state index in [1.54, 1.807) is 6.20 Å². The van der Waals surface area contributed by atoms with Gasteiger partial charge in [-0.2, -0.15) is 0 Å². The molecule has 8 aromatic carbocycles. The summed E-state index contributed by atoms with van der Waals surface area (Å²) in [5.74, 6) is 5.47. The van der Waals surface area contributed by atoms with Crippen LogP contribution in [0.5, 0.6) is 0 Å². The molecule has 12 N–H and O–H groups in total. The van der Waals surface area contributed by atoms with Crippen molar-refractivity contribution in [1.82, 2.24) is 117 Å². The van der Waals surface area contributed by atoms with E-state index in [0.29, 0.717) is 35.6 Å². The van der Waals surface area contributed by atoms with Gasteiger partial charge in [-0.25, -0.2) is 64.8 Å². The highest BCUT2D eigenvalue weighted by atomic mass is 15.2. The molecule has 0 unspecified atom stereocenters. The zero-order chi connectivity index (χ0) is 79.8. The number of aryl methyl sites for hydroxylation is 5. The van der Waals surface area contributed by atoms with Gasteiger partial charge in [-0.1, -0.05) is 118 Å². The molecule has 28 nitrogen and oxygen atoms in total. The van der Waals surface area contributed by atoms with Gasteiger partial charge < -0.3 is 75.5 Å². The summed E-state index contributed by atoms with van der Waals surface area (Å²) in [6, 6.07) is 63.5. The first-order chi connectivity index (χ1) is 57.3. The lowest BCUT2D eigenvalue weighted by Gasteiger charge is -2.18. The number of nitrogen functional groups attached to an aromatic ring is 4. The summed E-state index contributed by atoms with van der Waals surface area (Å²) in [6.07, 6.45) is 9.38. The van der Waals surface area contributed by atoms with Gasteiger partial charge in [-0.05, 0) is 163 Å². The quantitative estimate of drug-likeness (QED) is 0.0351. The zero-order valence-electron chi connectivity index (χ0n) is 65.7. The molecule has 13 aromatic heterocycles. The number of aromatic amines is 4. The number of nitrogens with zero attached hydrogens (tertiary/aromatic N) is 20. The fourth-order valence-corrected chi connectivity index (χ4v) is 15.6. The summed E-state index contributed by atoms with van der Waals surface area (Å²) < 4.78 is 10.3. The number of imidazole rings is 5. The lowest BCUT2D eigenvalue weighted by molar-refractivity contribution is 0.294. The van der Waals surface area contributed by atoms with Crippen molar-refractivity contribution >= 4 is 156 Å². The van der Waals surface area contributed by atoms with Gasteiger partial charge >= 0.3 is 0 Å². The number of rotatable bonds is 20. The molecule has 584 valence electrons. The van der Waals surface area contributed by atoms with Gasteiger partial charge in [0.25, 0.3) is 0 Å². The molecule has 13 heterocycles. The smallest absolute Gasteiger partial charge is 0.161 e. The van der Waals surface area contributed by atoms with E-state index in [1.807, 2.05) is 216 Å². The van der Waals surface area contributed by atoms with Crippen molar-refractivity contribution in [3.8, 4) is 45.6 Å². The predicted octanol–water partition coefficient (Wildman–Crippen LogP) is 16.2. The number of nitrogens with two attached hydrogens (primary N) is 4. The van der Waals surface area contributed by atoms with Gasteiger partial charge in [-0.15, -0.1) is 0 Å². The Hall–Kier alpha value is -14.5. The van der Waals surface area contributed by atoms with E-state index in [2.05, 4.69) is 83.3 Å². The number of anilines is 4. The molecule has 21 rings (SSSR count). The highest BCUT2D eigenvalue weighted by Gasteiger charge is 2.28. The summed E-state index contributed by atoms with van der Waals surface area (Å²) >= 11 is 0. The van der Waals surface area contributed by atoms with Crippen molar-refractivity contribution in [3.05, 3.63) is 213 Å². The minimum atomic E-state index is 0.620. The van der Waals surface area contributed by atoms with Crippen LogP contribution in [0.25, 0.3) is 178 Å². The average molecular weight is 1550 g/mol. The summed E-state index contributed by atoms with van der Waals surface area (Å²) in [6.45, 7) is 14.5. The largest absolute Gasteiger partial charge is 0.384 e. The zero-order valence-corrected chi connectivity index (χ0v) is 65.7. The first-order valence-corrected chi connectivity index (χ1v) is 39.7. The molecule has 0 spiro atoms. The number of fused-ring (bicyclic) bond motifs is 12. The van der Waals surface area contributed by atoms with Gasteiger partial charge in [-0.3, -0.25) is 0 Å². The maximum absolute atomic E-state index is 6.72. The SMILES string of the molecule is CCCn1c(N)c(-c2nc3ccccc3[nH]2)c2nc3ccccc3nc21.CCN(CC)CCCn1c(N)c(-c2nc3ccccc3[nH]2)c2nc3ccccc3nc21.CN(C)CCCn1c(N)c(-c2nc3ccccc3[nH]2)c2nc3ccccc3nc21.Nc1c(-c2nc3ccccc3[nH]2)c2nc3ccccc3nc2n1CCCn1ccnc1. The number of para-hydroxylation sites is 16. The summed E-state index contributed by atoms with van der Waals surface area (Å²) in [5.41, 5.74) is 50.6. The molecule has 0 amide bonds. The molecule has 0 aliphatic heterocycles. The maximum atomic E-state index is 6.72. The van der Waals surface area contributed by atoms with Crippen molar-refractivity contribution in [2.75, 3.05) is 63.2 Å². The molecule has 0 aliphatic carbocycles. The molecule has 0 atom stereocenters. The van der Waals surface area contributed by atoms with E-state index < -0.39 is 0 Å². The van der Waals surface area contributed by atoms with Crippen LogP contribution in [0.3, 0.4) is 0 Å². The molecule has 28 heteroatoms. The molecule has 21 aromatic rings. The second kappa shape index (κ2) is 31.8. The van der Waals surface area contributed by atoms with Crippen LogP contribution in [0.15, 0.2) is 213 Å². The Balaban J connectivity index is 0.000000108. The van der Waals surface area contributed by atoms with Crippen molar-refractivity contribution in [1.29, 1.82) is 0 Å². The Labute approximate surface area is 670 Å². The van der Waals surface area contributed by atoms with E-state index in [-0.39, 0.29) is 0 Å². The number of nitrogens with one attached hydrogen (secondary N) is 4. The van der Waals surface area contributed by atoms with E-state index in [1.165, 1.54) is 0 Å². The lowest BCUT2D eigenvalue weighted by atomic mass is 10.2. The Morgan fingerprint density at radius 2 is 0.581 bits per heavy atom. The van der Waals surface area contributed by atoms with Crippen molar-refractivity contribution < 1.29 is 0 Å². The Kier molecular flexibility index (Phi) is 20.1. The van der Waals surface area contributed by atoms with Gasteiger partial charge in [0.2, 0.25) is 0 Å². The molecule has 0 bridgehead atoms. The first kappa shape index (κ1) is 73.9. The van der Waals surface area contributed by atoms with E-state index in [0.717, 1.165) is 251 Å². The molecule has 0 saturated heterocycles. The Morgan fingerprint density at radius 3 is 0.855 bits per heavy atom. The molecule has 0 fully saturated rings. The van der Waals surface area contributed by atoms with Gasteiger partial charge in [0.1, 0.15) is 68.6 Å². The third-order valence-electron chi connectivity index (χ3n) is 21.4. The number of hydrogen-bond donors (Lipinski definition) is 8. The lowest BCUT2D eigenvalue weighted by Crippen LogP contribution is -2.25. The fourth-order valence-electron chi connectivity index (χ4n) is 15.6. The molecule has 0 saturated carbocycles. The second-order valence-electron chi connectivity index (χ2n) is 29.3. The van der Waals surface area contributed by atoms with Crippen LogP contribution in [-0.4, -0.2) is 158 Å². The molecule has 0 radical (unpaired) electrons. The Bertz CT molecular complexity index is 7050. The topological polar surface area (TPSA) is 366 Å². The summed E-state index contributed by atoms with van der Waals surface area (Å²) in [4.78, 5) is 80.6. The van der Waals surface area contributed by atoms with Gasteiger partial charge in [0, 0.05) is 45.1 Å². The highest BCUT2D eigenvalue weighted by molar-refractivity contribution is 6.05. The average Bonchev–Trinajstić information content (AvgIpc) is 1.61. The highest BCUT2D eigenvalue weighted by Crippen LogP contribution is 2.41. The first-order valence-electron chi connectivity index (χ1n) is 39.7. The Morgan fingerprint density at radius 1 is 0.308 bits per heavy atom. The van der Waals surface area contributed by atoms with Crippen molar-refractivity contribution in [3.63, 3.8) is 0 Å². The standard InChI is InChI=1S/C24H27N7.C23H20N8.C22H23N7.C20H18N6/c1-3-30(4-2)14-9-15-31-22(25)20(23-27-17-11-6-7-12-18(17)28-23)21-24(31)29-19-13-8-5-10-16(19)26-21;24-21-19(22-27-16-7-2-3-8-17(16)28-22)20-23(29-18-9-4-1-6-15(18)26-20)31(21)12-5-11-30-13-10-25-14-30;1-28(2)12-7-13-29-20(23)18(21-25-15-9-4-5-10-16(15)26-21)19-22(29)27-17-11-6-3-8-14(17)24-19;1-2-11-26-18(21)16(19-23-13-8-4-5-9-14(13)24-19)17-20(26)25-15-10-6-3-7-12(15)22-17/h5-8,10-13H,3-4,9,14-15,25H2,1-2H3,(H,27,28);1-4,6-10,13-14H,5,11-12,24H2,(H,27,28);3-6,8-11H,7,12-13,23H2,1-2H3,(H,25,26);3-10H,2,11,21H2,1H3,(H,23,24). The maximum Gasteiger partial charge on any atom is 0.161 e. The monoisotopic (exact) mass is 1550 g/mol. The van der Waals surface area contributed by atoms with Gasteiger partial charge in [0.05, 0.1) is 117 Å². The number of aromatic nitrogens is 22. The molecule has 0 aliphatic rings. The van der Waals surface area contributed by atoms with E-state index in [9.17, 15) is 0 Å². The summed E-state index contributed by atoms with van der Waals surface area (Å²) in [5, 5.41) is 0. The minimum absolute atomic E-state index is 0.620. The summed E-state index contributed by atoms with van der Waals surface area (Å²) in [7, 11) is 4.15. The number of benzene rings is 8. The van der Waals surface area contributed by atoms with Crippen LogP contribution in [-0.2, 0) is 32.7 Å². The van der Waals surface area contributed by atoms with Crippen molar-refractivity contribution in [2.24, 2.45) is 0 Å².